The average Bonchev–Trinajstić information content (AvgIpc) is 2.72. The summed E-state index contributed by atoms with van der Waals surface area (Å²) in [5, 5.41) is 9.09. The quantitative estimate of drug-likeness (QED) is 0.692. The maximum Gasteiger partial charge on any atom is 0.308 e. The molecule has 0 radical (unpaired) electrons. The molecule has 3 rings (SSSR count). The monoisotopic (exact) mass is 378 g/mol. The number of carboxylic acid groups (broad SMARTS) is 1. The third-order valence-corrected chi connectivity index (χ3v) is 4.38. The van der Waals surface area contributed by atoms with Crippen molar-refractivity contribution in [1.82, 2.24) is 0 Å². The van der Waals surface area contributed by atoms with Gasteiger partial charge in [-0.15, -0.1) is 0 Å². The van der Waals surface area contributed by atoms with Crippen molar-refractivity contribution >= 4 is 28.6 Å². The number of carboxylic acids is 1. The van der Waals surface area contributed by atoms with Crippen LogP contribution >= 0.6 is 22.6 Å². The predicted octanol–water partition coefficient (Wildman–Crippen LogP) is 4.28. The van der Waals surface area contributed by atoms with Crippen LogP contribution in [0.3, 0.4) is 0 Å². The van der Waals surface area contributed by atoms with Crippen LogP contribution in [0.1, 0.15) is 5.56 Å². The molecule has 1 aromatic rings. The van der Waals surface area contributed by atoms with Crippen molar-refractivity contribution in [2.24, 2.45) is 0 Å². The van der Waals surface area contributed by atoms with Crippen molar-refractivity contribution in [3.8, 4) is 22.5 Å². The highest BCUT2D eigenvalue weighted by atomic mass is 127. The fourth-order valence-corrected chi connectivity index (χ4v) is 3.42. The van der Waals surface area contributed by atoms with E-state index in [1.165, 1.54) is 0 Å². The van der Waals surface area contributed by atoms with Crippen LogP contribution in [-0.2, 0) is 11.2 Å². The standard InChI is InChI=1S/C16H11IO3/c17-15-12(9-13(18)19)16-11(7-4-8-20-16)14(15)10-5-2-1-3-6-10/h1-8H,9H2,(H,18,19). The molecule has 3 nitrogen and oxygen atoms in total. The lowest BCUT2D eigenvalue weighted by Crippen LogP contribution is -2.01. The largest absolute Gasteiger partial charge is 0.481 e. The first-order valence-electron chi connectivity index (χ1n) is 6.13. The molecule has 1 N–H and O–H groups in total. The zero-order chi connectivity index (χ0) is 14.1. The normalized spacial score (nSPS) is 10.8. The Morgan fingerprint density at radius 3 is 2.60 bits per heavy atom. The lowest BCUT2D eigenvalue weighted by molar-refractivity contribution is -0.136. The Hall–Kier alpha value is -1.82. The van der Waals surface area contributed by atoms with E-state index in [0.717, 1.165) is 25.8 Å². The van der Waals surface area contributed by atoms with Crippen LogP contribution in [0, 0.1) is 3.57 Å². The molecule has 0 amide bonds. The van der Waals surface area contributed by atoms with E-state index in [4.69, 9.17) is 9.52 Å². The maximum atomic E-state index is 11.1. The highest BCUT2D eigenvalue weighted by molar-refractivity contribution is 14.1. The number of rotatable bonds is 3. The summed E-state index contributed by atoms with van der Waals surface area (Å²) >= 11 is 2.21. The van der Waals surface area contributed by atoms with E-state index >= 15 is 0 Å². The Bertz CT molecular complexity index is 731. The molecule has 20 heavy (non-hydrogen) atoms. The molecule has 0 saturated heterocycles. The van der Waals surface area contributed by atoms with E-state index in [1.54, 1.807) is 6.26 Å². The van der Waals surface area contributed by atoms with E-state index in [0.29, 0.717) is 5.76 Å². The summed E-state index contributed by atoms with van der Waals surface area (Å²) in [5.74, 6) is -0.188. The van der Waals surface area contributed by atoms with E-state index in [1.807, 2.05) is 42.5 Å². The number of benzene rings is 1. The van der Waals surface area contributed by atoms with Gasteiger partial charge in [-0.25, -0.2) is 0 Å². The molecule has 0 spiro atoms. The highest BCUT2D eigenvalue weighted by Crippen LogP contribution is 2.43. The molecule has 4 heteroatoms. The first-order valence-corrected chi connectivity index (χ1v) is 7.21. The number of carbonyl (C=O) groups is 1. The molecule has 2 aliphatic rings. The van der Waals surface area contributed by atoms with Crippen molar-refractivity contribution in [2.75, 3.05) is 0 Å². The third-order valence-electron chi connectivity index (χ3n) is 3.19. The average molecular weight is 378 g/mol. The van der Waals surface area contributed by atoms with Crippen molar-refractivity contribution in [3.63, 3.8) is 0 Å². The summed E-state index contributed by atoms with van der Waals surface area (Å²) in [6.07, 6.45) is 1.55. The number of hydrogen-bond acceptors (Lipinski definition) is 2. The van der Waals surface area contributed by atoms with Gasteiger partial charge in [-0.2, -0.15) is 0 Å². The van der Waals surface area contributed by atoms with Crippen LogP contribution in [0.5, 0.6) is 0 Å². The van der Waals surface area contributed by atoms with Crippen LogP contribution in [0.25, 0.3) is 22.5 Å². The second-order valence-corrected chi connectivity index (χ2v) is 5.54. The first-order chi connectivity index (χ1) is 9.68. The van der Waals surface area contributed by atoms with Gasteiger partial charge in [0, 0.05) is 20.3 Å². The summed E-state index contributed by atoms with van der Waals surface area (Å²) in [6, 6.07) is 13.7. The van der Waals surface area contributed by atoms with Gasteiger partial charge in [-0.3, -0.25) is 4.79 Å². The minimum Gasteiger partial charge on any atom is -0.481 e. The van der Waals surface area contributed by atoms with Gasteiger partial charge in [-0.1, -0.05) is 30.3 Å². The second kappa shape index (κ2) is 5.28. The third kappa shape index (κ3) is 2.20. The van der Waals surface area contributed by atoms with Crippen LogP contribution in [0.15, 0.2) is 53.1 Å². The second-order valence-electron chi connectivity index (χ2n) is 4.46. The van der Waals surface area contributed by atoms with E-state index < -0.39 is 5.97 Å². The topological polar surface area (TPSA) is 50.4 Å². The van der Waals surface area contributed by atoms with Crippen molar-refractivity contribution in [3.05, 3.63) is 57.9 Å². The Morgan fingerprint density at radius 2 is 1.90 bits per heavy atom. The number of halogens is 1. The zero-order valence-corrected chi connectivity index (χ0v) is 12.6. The van der Waals surface area contributed by atoms with Crippen LogP contribution in [0.2, 0.25) is 0 Å². The van der Waals surface area contributed by atoms with Gasteiger partial charge in [-0.05, 0) is 40.3 Å². The van der Waals surface area contributed by atoms with Gasteiger partial charge in [0.15, 0.2) is 0 Å². The van der Waals surface area contributed by atoms with Crippen LogP contribution in [-0.4, -0.2) is 11.1 Å². The van der Waals surface area contributed by atoms with Gasteiger partial charge in [0.25, 0.3) is 0 Å². The van der Waals surface area contributed by atoms with Crippen LogP contribution in [0.4, 0.5) is 0 Å². The maximum absolute atomic E-state index is 11.1. The van der Waals surface area contributed by atoms with Crippen molar-refractivity contribution in [2.45, 2.75) is 6.42 Å². The molecule has 1 aliphatic heterocycles. The molecule has 0 aromatic heterocycles. The van der Waals surface area contributed by atoms with Gasteiger partial charge in [0.05, 0.1) is 12.7 Å². The Kier molecular flexibility index (Phi) is 3.48. The Labute approximate surface area is 129 Å². The van der Waals surface area contributed by atoms with E-state index in [2.05, 4.69) is 22.6 Å². The number of fused-ring (bicyclic) bond motifs is 1. The fourth-order valence-electron chi connectivity index (χ4n) is 2.38. The molecule has 0 bridgehead atoms. The van der Waals surface area contributed by atoms with Gasteiger partial charge >= 0.3 is 5.97 Å². The molecule has 1 heterocycles. The summed E-state index contributed by atoms with van der Waals surface area (Å²) in [7, 11) is 0. The molecule has 0 fully saturated rings. The van der Waals surface area contributed by atoms with E-state index in [9.17, 15) is 4.79 Å². The molecular formula is C16H11IO3. The first kappa shape index (κ1) is 13.2. The number of hydrogen-bond donors (Lipinski definition) is 1. The summed E-state index contributed by atoms with van der Waals surface area (Å²) in [6.45, 7) is 0. The summed E-state index contributed by atoms with van der Waals surface area (Å²) in [4.78, 5) is 11.1. The molecule has 0 atom stereocenters. The van der Waals surface area contributed by atoms with Crippen LogP contribution < -0.4 is 0 Å². The van der Waals surface area contributed by atoms with E-state index in [-0.39, 0.29) is 6.42 Å². The molecular weight excluding hydrogens is 367 g/mol. The smallest absolute Gasteiger partial charge is 0.308 e. The Morgan fingerprint density at radius 1 is 1.15 bits per heavy atom. The predicted molar refractivity (Wildman–Crippen MR) is 84.8 cm³/mol. The fraction of sp³-hybridized carbons (Fsp3) is 0.0625. The summed E-state index contributed by atoms with van der Waals surface area (Å²) < 4.78 is 6.50. The van der Waals surface area contributed by atoms with Gasteiger partial charge in [0.1, 0.15) is 5.76 Å². The molecule has 1 aromatic carbocycles. The highest BCUT2D eigenvalue weighted by Gasteiger charge is 2.25. The van der Waals surface area contributed by atoms with Gasteiger partial charge < -0.3 is 9.52 Å². The molecule has 1 aliphatic carbocycles. The molecule has 0 unspecified atom stereocenters. The molecule has 0 saturated carbocycles. The number of aliphatic carboxylic acids is 1. The SMILES string of the molecule is O=C(O)Cc1c2occcc-2c(-c2ccccc2)c1I. The zero-order valence-electron chi connectivity index (χ0n) is 10.5. The summed E-state index contributed by atoms with van der Waals surface area (Å²) in [5.41, 5.74) is 3.81. The Balaban J connectivity index is 2.28. The van der Waals surface area contributed by atoms with Crippen molar-refractivity contribution in [1.29, 1.82) is 0 Å². The minimum atomic E-state index is -0.853. The van der Waals surface area contributed by atoms with Gasteiger partial charge in [0.2, 0.25) is 0 Å². The molecule has 100 valence electrons. The lowest BCUT2D eigenvalue weighted by atomic mass is 10.0. The minimum absolute atomic E-state index is 0.0326. The lowest BCUT2D eigenvalue weighted by Gasteiger charge is -2.03. The van der Waals surface area contributed by atoms with Crippen molar-refractivity contribution < 1.29 is 14.3 Å².